The largest absolute Gasteiger partial charge is 0.350 e. The van der Waals surface area contributed by atoms with Gasteiger partial charge in [0.05, 0.1) is 29.0 Å². The number of rotatable bonds is 5. The molecule has 170 valence electrons. The molecular weight excluding hydrogens is 431 g/mol. The SMILES string of the molecule is O=C(N[C@@H]1CC(=O)N(c2ccc3c(-c4ccc(F)cc4)ncn3c2)[C@H]1c1ccccc1)C1CC1. The summed E-state index contributed by atoms with van der Waals surface area (Å²) in [5.41, 5.74) is 4.13. The zero-order chi connectivity index (χ0) is 23.2. The zero-order valence-corrected chi connectivity index (χ0v) is 18.4. The maximum Gasteiger partial charge on any atom is 0.229 e. The fourth-order valence-corrected chi connectivity index (χ4v) is 4.81. The minimum absolute atomic E-state index is 0.0341. The molecule has 6 nitrogen and oxygen atoms in total. The van der Waals surface area contributed by atoms with Crippen molar-refractivity contribution in [3.8, 4) is 11.3 Å². The van der Waals surface area contributed by atoms with Crippen LogP contribution < -0.4 is 10.2 Å². The highest BCUT2D eigenvalue weighted by atomic mass is 19.1. The number of halogens is 1. The normalized spacial score (nSPS) is 20.1. The monoisotopic (exact) mass is 454 g/mol. The van der Waals surface area contributed by atoms with Crippen molar-refractivity contribution in [2.45, 2.75) is 31.3 Å². The molecule has 2 aromatic heterocycles. The molecule has 2 fully saturated rings. The Morgan fingerprint density at radius 1 is 1.00 bits per heavy atom. The number of nitrogens with zero attached hydrogens (tertiary/aromatic N) is 3. The predicted molar refractivity (Wildman–Crippen MR) is 127 cm³/mol. The van der Waals surface area contributed by atoms with Crippen LogP contribution >= 0.6 is 0 Å². The van der Waals surface area contributed by atoms with Gasteiger partial charge in [-0.05, 0) is 54.8 Å². The summed E-state index contributed by atoms with van der Waals surface area (Å²) in [6.45, 7) is 0. The van der Waals surface area contributed by atoms with Gasteiger partial charge in [0, 0.05) is 24.1 Å². The first-order valence-electron chi connectivity index (χ1n) is 11.5. The second kappa shape index (κ2) is 8.09. The molecule has 1 aliphatic carbocycles. The van der Waals surface area contributed by atoms with Crippen LogP contribution in [-0.2, 0) is 9.59 Å². The minimum atomic E-state index is -0.297. The van der Waals surface area contributed by atoms with Crippen LogP contribution in [0.5, 0.6) is 0 Å². The zero-order valence-electron chi connectivity index (χ0n) is 18.4. The lowest BCUT2D eigenvalue weighted by Gasteiger charge is -2.29. The number of carbonyl (C=O) groups excluding carboxylic acids is 2. The van der Waals surface area contributed by atoms with Crippen molar-refractivity contribution in [3.63, 3.8) is 0 Å². The molecule has 1 saturated heterocycles. The molecule has 7 heteroatoms. The molecule has 0 bridgehead atoms. The van der Waals surface area contributed by atoms with Crippen molar-refractivity contribution in [2.75, 3.05) is 4.90 Å². The molecule has 2 aromatic carbocycles. The van der Waals surface area contributed by atoms with Gasteiger partial charge in [-0.2, -0.15) is 0 Å². The average molecular weight is 455 g/mol. The summed E-state index contributed by atoms with van der Waals surface area (Å²) in [5, 5.41) is 3.14. The van der Waals surface area contributed by atoms with Crippen LogP contribution in [0.15, 0.2) is 79.3 Å². The number of hydrogen-bond donors (Lipinski definition) is 1. The van der Waals surface area contributed by atoms with Crippen LogP contribution in [0.2, 0.25) is 0 Å². The fraction of sp³-hybridized carbons (Fsp3) is 0.222. The third-order valence-corrected chi connectivity index (χ3v) is 6.65. The number of benzene rings is 2. The number of carbonyl (C=O) groups is 2. The number of imidazole rings is 1. The van der Waals surface area contributed by atoms with Gasteiger partial charge >= 0.3 is 0 Å². The summed E-state index contributed by atoms with van der Waals surface area (Å²) in [5.74, 6) is -0.215. The lowest BCUT2D eigenvalue weighted by molar-refractivity contribution is -0.123. The molecule has 34 heavy (non-hydrogen) atoms. The summed E-state index contributed by atoms with van der Waals surface area (Å²) in [6, 6.07) is 19.3. The van der Waals surface area contributed by atoms with E-state index in [2.05, 4.69) is 10.3 Å². The van der Waals surface area contributed by atoms with E-state index in [-0.39, 0.29) is 42.1 Å². The first kappa shape index (κ1) is 20.6. The Kier molecular flexibility index (Phi) is 4.90. The van der Waals surface area contributed by atoms with E-state index in [1.165, 1.54) is 12.1 Å². The van der Waals surface area contributed by atoms with E-state index in [9.17, 15) is 14.0 Å². The topological polar surface area (TPSA) is 66.7 Å². The number of anilines is 1. The van der Waals surface area contributed by atoms with E-state index in [4.69, 9.17) is 0 Å². The lowest BCUT2D eigenvalue weighted by atomic mass is 9.99. The number of fused-ring (bicyclic) bond motifs is 1. The Bertz CT molecular complexity index is 1380. The number of hydrogen-bond acceptors (Lipinski definition) is 3. The lowest BCUT2D eigenvalue weighted by Crippen LogP contribution is -2.40. The number of nitrogens with one attached hydrogen (secondary N) is 1. The molecule has 0 unspecified atom stereocenters. The predicted octanol–water partition coefficient (Wildman–Crippen LogP) is 4.51. The highest BCUT2D eigenvalue weighted by molar-refractivity contribution is 5.98. The molecule has 0 spiro atoms. The van der Waals surface area contributed by atoms with Crippen molar-refractivity contribution in [1.29, 1.82) is 0 Å². The minimum Gasteiger partial charge on any atom is -0.350 e. The Balaban J connectivity index is 1.37. The smallest absolute Gasteiger partial charge is 0.229 e. The summed E-state index contributed by atoms with van der Waals surface area (Å²) in [6.07, 6.45) is 5.66. The molecule has 3 heterocycles. The maximum absolute atomic E-state index is 13.4. The molecule has 2 amide bonds. The van der Waals surface area contributed by atoms with E-state index < -0.39 is 0 Å². The van der Waals surface area contributed by atoms with Gasteiger partial charge in [0.1, 0.15) is 12.1 Å². The van der Waals surface area contributed by atoms with E-state index in [0.717, 1.165) is 40.9 Å². The van der Waals surface area contributed by atoms with Crippen molar-refractivity contribution < 1.29 is 14.0 Å². The summed E-state index contributed by atoms with van der Waals surface area (Å²) >= 11 is 0. The van der Waals surface area contributed by atoms with Gasteiger partial charge in [0.25, 0.3) is 0 Å². The van der Waals surface area contributed by atoms with Crippen LogP contribution in [0.25, 0.3) is 16.8 Å². The van der Waals surface area contributed by atoms with Crippen LogP contribution in [0.3, 0.4) is 0 Å². The molecule has 1 N–H and O–H groups in total. The quantitative estimate of drug-likeness (QED) is 0.482. The average Bonchev–Trinajstić information content (AvgIpc) is 3.55. The second-order valence-corrected chi connectivity index (χ2v) is 8.99. The molecule has 0 radical (unpaired) electrons. The van der Waals surface area contributed by atoms with Crippen LogP contribution in [0.4, 0.5) is 10.1 Å². The van der Waals surface area contributed by atoms with Crippen molar-refractivity contribution in [2.24, 2.45) is 5.92 Å². The second-order valence-electron chi connectivity index (χ2n) is 8.99. The van der Waals surface area contributed by atoms with Crippen molar-refractivity contribution in [1.82, 2.24) is 14.7 Å². The maximum atomic E-state index is 13.4. The number of amides is 2. The highest BCUT2D eigenvalue weighted by Crippen LogP contribution is 2.39. The van der Waals surface area contributed by atoms with Crippen LogP contribution in [0, 0.1) is 11.7 Å². The molecule has 2 aliphatic rings. The highest BCUT2D eigenvalue weighted by Gasteiger charge is 2.44. The molecule has 1 aliphatic heterocycles. The first-order valence-corrected chi connectivity index (χ1v) is 11.5. The van der Waals surface area contributed by atoms with Gasteiger partial charge < -0.3 is 14.6 Å². The first-order chi connectivity index (χ1) is 16.6. The third-order valence-electron chi connectivity index (χ3n) is 6.65. The molecular formula is C27H23FN4O2. The van der Waals surface area contributed by atoms with Crippen LogP contribution in [0.1, 0.15) is 30.9 Å². The van der Waals surface area contributed by atoms with Crippen LogP contribution in [-0.4, -0.2) is 27.2 Å². The molecule has 1 saturated carbocycles. The summed E-state index contributed by atoms with van der Waals surface area (Å²) in [7, 11) is 0. The summed E-state index contributed by atoms with van der Waals surface area (Å²) < 4.78 is 15.2. The fourth-order valence-electron chi connectivity index (χ4n) is 4.81. The van der Waals surface area contributed by atoms with Gasteiger partial charge in [-0.15, -0.1) is 0 Å². The Morgan fingerprint density at radius 3 is 2.50 bits per heavy atom. The number of pyridine rings is 1. The Morgan fingerprint density at radius 2 is 1.76 bits per heavy atom. The molecule has 6 rings (SSSR count). The standard InChI is InChI=1S/C27H23FN4O2/c28-20-10-8-17(9-11-20)25-23-13-12-21(15-31(23)16-29-25)32-24(33)14-22(30-27(34)19-6-7-19)26(32)18-4-2-1-3-5-18/h1-5,8-13,15-16,19,22,26H,6-7,14H2,(H,30,34)/t22-,26+/m1/s1. The molecule has 2 atom stereocenters. The van der Waals surface area contributed by atoms with Gasteiger partial charge in [-0.25, -0.2) is 9.37 Å². The van der Waals surface area contributed by atoms with E-state index in [1.54, 1.807) is 23.4 Å². The van der Waals surface area contributed by atoms with Crippen molar-refractivity contribution in [3.05, 3.63) is 90.6 Å². The molecule has 4 aromatic rings. The van der Waals surface area contributed by atoms with E-state index >= 15 is 0 Å². The summed E-state index contributed by atoms with van der Waals surface area (Å²) in [4.78, 5) is 32.1. The van der Waals surface area contributed by atoms with Gasteiger partial charge in [-0.3, -0.25) is 9.59 Å². The number of aromatic nitrogens is 2. The van der Waals surface area contributed by atoms with Gasteiger partial charge in [-0.1, -0.05) is 30.3 Å². The van der Waals surface area contributed by atoms with Gasteiger partial charge in [0.15, 0.2) is 0 Å². The van der Waals surface area contributed by atoms with E-state index in [1.807, 2.05) is 53.1 Å². The van der Waals surface area contributed by atoms with Crippen molar-refractivity contribution >= 4 is 23.0 Å². The Hall–Kier alpha value is -4.00. The van der Waals surface area contributed by atoms with E-state index in [0.29, 0.717) is 0 Å². The van der Waals surface area contributed by atoms with Gasteiger partial charge in [0.2, 0.25) is 11.8 Å². The third kappa shape index (κ3) is 3.63. The Labute approximate surface area is 196 Å².